The minimum absolute atomic E-state index is 0.0885. The Morgan fingerprint density at radius 2 is 1.81 bits per heavy atom. The Balaban J connectivity index is 1.85. The van der Waals surface area contributed by atoms with Gasteiger partial charge in [-0.1, -0.05) is 25.5 Å². The average molecular weight is 425 g/mol. The van der Waals surface area contributed by atoms with Gasteiger partial charge in [-0.25, -0.2) is 0 Å². The summed E-state index contributed by atoms with van der Waals surface area (Å²) in [4.78, 5) is 16.5. The average Bonchev–Trinajstić information content (AvgIpc) is 2.80. The first kappa shape index (κ1) is 23.2. The van der Waals surface area contributed by atoms with Crippen molar-refractivity contribution in [3.8, 4) is 5.75 Å². The molecule has 1 unspecified atom stereocenters. The molecule has 0 aliphatic carbocycles. The van der Waals surface area contributed by atoms with E-state index in [-0.39, 0.29) is 5.91 Å². The van der Waals surface area contributed by atoms with Crippen LogP contribution in [0, 0.1) is 5.92 Å². The van der Waals surface area contributed by atoms with E-state index in [1.54, 1.807) is 19.3 Å². The second kappa shape index (κ2) is 11.8. The highest BCUT2D eigenvalue weighted by Crippen LogP contribution is 2.29. The van der Waals surface area contributed by atoms with E-state index >= 15 is 0 Å². The molecule has 0 saturated carbocycles. The van der Waals surface area contributed by atoms with Crippen molar-refractivity contribution < 1.29 is 9.53 Å². The van der Waals surface area contributed by atoms with Gasteiger partial charge >= 0.3 is 0 Å². The predicted octanol–water partition coefficient (Wildman–Crippen LogP) is 3.58. The van der Waals surface area contributed by atoms with Crippen LogP contribution in [0.5, 0.6) is 5.75 Å². The molecule has 1 aromatic heterocycles. The summed E-state index contributed by atoms with van der Waals surface area (Å²) >= 11 is 0. The number of amides is 1. The van der Waals surface area contributed by atoms with E-state index in [2.05, 4.69) is 27.9 Å². The zero-order valence-electron chi connectivity index (χ0n) is 18.8. The number of nitrogens with zero attached hydrogens (tertiary/aromatic N) is 1. The molecule has 31 heavy (non-hydrogen) atoms. The molecule has 2 aromatic rings. The number of aromatic nitrogens is 1. The van der Waals surface area contributed by atoms with Gasteiger partial charge in [0, 0.05) is 19.3 Å². The summed E-state index contributed by atoms with van der Waals surface area (Å²) in [6, 6.07) is 12.0. The topological polar surface area (TPSA) is 75.3 Å². The first-order chi connectivity index (χ1) is 15.1. The second-order valence-electron chi connectivity index (χ2n) is 8.30. The Kier molecular flexibility index (Phi) is 8.85. The van der Waals surface area contributed by atoms with Gasteiger partial charge in [-0.05, 0) is 86.6 Å². The minimum atomic E-state index is -0.816. The van der Waals surface area contributed by atoms with E-state index < -0.39 is 5.66 Å². The number of hydrogen-bond acceptors (Lipinski definition) is 5. The number of unbranched alkanes of at least 4 members (excludes halogenated alkanes) is 1. The number of benzene rings is 1. The number of pyridine rings is 1. The third-order valence-corrected chi connectivity index (χ3v) is 5.93. The van der Waals surface area contributed by atoms with Crippen LogP contribution in [0.3, 0.4) is 0 Å². The van der Waals surface area contributed by atoms with Crippen LogP contribution in [0.4, 0.5) is 0 Å². The summed E-state index contributed by atoms with van der Waals surface area (Å²) < 4.78 is 5.84. The molecule has 1 aliphatic rings. The molecular formula is C25H36N4O2. The van der Waals surface area contributed by atoms with Gasteiger partial charge in [0.1, 0.15) is 11.4 Å². The third kappa shape index (κ3) is 6.52. The number of hydrogen-bond donors (Lipinski definition) is 3. The first-order valence-electron chi connectivity index (χ1n) is 11.5. The number of ether oxygens (including phenoxy) is 1. The SMILES string of the molecule is CCCCOc1ccc(C(NCCC2CCNCC2)(NC(C)=O)c2ccncc2)cc1. The Morgan fingerprint density at radius 1 is 1.13 bits per heavy atom. The molecule has 0 radical (unpaired) electrons. The van der Waals surface area contributed by atoms with Crippen molar-refractivity contribution in [1.29, 1.82) is 0 Å². The lowest BCUT2D eigenvalue weighted by Gasteiger charge is -2.37. The van der Waals surface area contributed by atoms with E-state index in [1.807, 2.05) is 36.4 Å². The molecule has 0 bridgehead atoms. The summed E-state index contributed by atoms with van der Waals surface area (Å²) in [6.45, 7) is 7.41. The summed E-state index contributed by atoms with van der Waals surface area (Å²) in [5.41, 5.74) is 1.12. The summed E-state index contributed by atoms with van der Waals surface area (Å²) in [7, 11) is 0. The fourth-order valence-corrected chi connectivity index (χ4v) is 4.19. The fourth-order valence-electron chi connectivity index (χ4n) is 4.19. The second-order valence-corrected chi connectivity index (χ2v) is 8.30. The van der Waals surface area contributed by atoms with Crippen molar-refractivity contribution in [2.75, 3.05) is 26.2 Å². The molecule has 1 fully saturated rings. The maximum absolute atomic E-state index is 12.3. The smallest absolute Gasteiger partial charge is 0.218 e. The molecule has 6 heteroatoms. The maximum atomic E-state index is 12.3. The highest BCUT2D eigenvalue weighted by molar-refractivity contribution is 5.75. The monoisotopic (exact) mass is 424 g/mol. The molecule has 168 valence electrons. The van der Waals surface area contributed by atoms with Crippen LogP contribution in [0.2, 0.25) is 0 Å². The number of rotatable bonds is 11. The van der Waals surface area contributed by atoms with E-state index in [0.29, 0.717) is 12.5 Å². The number of nitrogens with one attached hydrogen (secondary N) is 3. The molecule has 2 heterocycles. The number of piperidine rings is 1. The van der Waals surface area contributed by atoms with E-state index in [1.165, 1.54) is 12.8 Å². The molecule has 1 saturated heterocycles. The normalized spacial score (nSPS) is 16.5. The van der Waals surface area contributed by atoms with Crippen LogP contribution in [-0.2, 0) is 10.5 Å². The van der Waals surface area contributed by atoms with E-state index in [0.717, 1.165) is 55.8 Å². The van der Waals surface area contributed by atoms with Crippen LogP contribution in [0.15, 0.2) is 48.8 Å². The van der Waals surface area contributed by atoms with Gasteiger partial charge in [-0.2, -0.15) is 0 Å². The third-order valence-electron chi connectivity index (χ3n) is 5.93. The fraction of sp³-hybridized carbons (Fsp3) is 0.520. The standard InChI is InChI=1S/C25H36N4O2/c1-3-4-19-31-24-7-5-22(6-8-24)25(29-20(2)30,23-12-16-27-17-13-23)28-18-11-21-9-14-26-15-10-21/h5-8,12-13,16-17,21,26,28H,3-4,9-11,14-15,18-19H2,1-2H3,(H,29,30). The van der Waals surface area contributed by atoms with Crippen molar-refractivity contribution in [2.45, 2.75) is 51.6 Å². The van der Waals surface area contributed by atoms with Gasteiger partial charge in [0.25, 0.3) is 0 Å². The summed E-state index contributed by atoms with van der Waals surface area (Å²) in [5.74, 6) is 1.46. The van der Waals surface area contributed by atoms with Crippen molar-refractivity contribution in [1.82, 2.24) is 20.9 Å². The number of carbonyl (C=O) groups is 1. The molecule has 6 nitrogen and oxygen atoms in total. The number of carbonyl (C=O) groups excluding carboxylic acids is 1. The summed E-state index contributed by atoms with van der Waals surface area (Å²) in [6.07, 6.45) is 9.15. The lowest BCUT2D eigenvalue weighted by Crippen LogP contribution is -2.57. The molecule has 1 aromatic carbocycles. The van der Waals surface area contributed by atoms with Crippen LogP contribution in [0.25, 0.3) is 0 Å². The molecule has 3 N–H and O–H groups in total. The Labute approximate surface area is 186 Å². The highest BCUT2D eigenvalue weighted by atomic mass is 16.5. The molecule has 1 atom stereocenters. The van der Waals surface area contributed by atoms with Crippen molar-refractivity contribution in [3.05, 3.63) is 59.9 Å². The quantitative estimate of drug-likeness (QED) is 0.380. The molecular weight excluding hydrogens is 388 g/mol. The largest absolute Gasteiger partial charge is 0.494 e. The van der Waals surface area contributed by atoms with Gasteiger partial charge in [0.15, 0.2) is 0 Å². The van der Waals surface area contributed by atoms with Gasteiger partial charge in [0.2, 0.25) is 5.91 Å². The van der Waals surface area contributed by atoms with Crippen molar-refractivity contribution >= 4 is 5.91 Å². The van der Waals surface area contributed by atoms with Gasteiger partial charge in [-0.3, -0.25) is 15.1 Å². The molecule has 3 rings (SSSR count). The zero-order valence-corrected chi connectivity index (χ0v) is 18.8. The van der Waals surface area contributed by atoms with E-state index in [4.69, 9.17) is 4.74 Å². The predicted molar refractivity (Wildman–Crippen MR) is 124 cm³/mol. The van der Waals surface area contributed by atoms with Crippen LogP contribution in [-0.4, -0.2) is 37.1 Å². The molecule has 0 spiro atoms. The summed E-state index contributed by atoms with van der Waals surface area (Å²) in [5, 5.41) is 10.3. The zero-order chi connectivity index (χ0) is 21.9. The Morgan fingerprint density at radius 3 is 2.45 bits per heavy atom. The van der Waals surface area contributed by atoms with Gasteiger partial charge in [0.05, 0.1) is 6.61 Å². The van der Waals surface area contributed by atoms with Crippen molar-refractivity contribution in [3.63, 3.8) is 0 Å². The highest BCUT2D eigenvalue weighted by Gasteiger charge is 2.35. The van der Waals surface area contributed by atoms with Gasteiger partial charge in [-0.15, -0.1) is 0 Å². The Hall–Kier alpha value is -2.44. The Bertz CT molecular complexity index is 791. The molecule has 1 amide bonds. The van der Waals surface area contributed by atoms with Crippen LogP contribution >= 0.6 is 0 Å². The minimum Gasteiger partial charge on any atom is -0.494 e. The maximum Gasteiger partial charge on any atom is 0.218 e. The van der Waals surface area contributed by atoms with E-state index in [9.17, 15) is 4.79 Å². The van der Waals surface area contributed by atoms with Gasteiger partial charge < -0.3 is 15.4 Å². The first-order valence-corrected chi connectivity index (χ1v) is 11.5. The lowest BCUT2D eigenvalue weighted by atomic mass is 9.89. The molecule has 1 aliphatic heterocycles. The lowest BCUT2D eigenvalue weighted by molar-refractivity contribution is -0.120. The van der Waals surface area contributed by atoms with Crippen LogP contribution < -0.4 is 20.7 Å². The van der Waals surface area contributed by atoms with Crippen molar-refractivity contribution in [2.24, 2.45) is 5.92 Å². The van der Waals surface area contributed by atoms with Crippen LogP contribution in [0.1, 0.15) is 57.1 Å².